The topological polar surface area (TPSA) is 31.1 Å². The van der Waals surface area contributed by atoms with Gasteiger partial charge in [0.15, 0.2) is 0 Å². The number of H-pyrrole nitrogens is 1. The van der Waals surface area contributed by atoms with Crippen LogP contribution in [0.15, 0.2) is 24.3 Å². The van der Waals surface area contributed by atoms with E-state index in [1.165, 1.54) is 25.9 Å². The molecule has 0 atom stereocenters. The molecule has 4 heteroatoms. The van der Waals surface area contributed by atoms with Gasteiger partial charge in [-0.2, -0.15) is 0 Å². The van der Waals surface area contributed by atoms with E-state index in [2.05, 4.69) is 27.3 Å². The second-order valence-electron chi connectivity index (χ2n) is 5.19. The summed E-state index contributed by atoms with van der Waals surface area (Å²) in [5, 5.41) is 5.44. The summed E-state index contributed by atoms with van der Waals surface area (Å²) in [6.45, 7) is 5.48. The maximum absolute atomic E-state index is 6.38. The molecule has 1 saturated heterocycles. The zero-order chi connectivity index (χ0) is 13.1. The van der Waals surface area contributed by atoms with Crippen LogP contribution in [-0.4, -0.2) is 36.1 Å². The largest absolute Gasteiger partial charge is 0.356 e. The fourth-order valence-corrected chi connectivity index (χ4v) is 3.02. The zero-order valence-electron chi connectivity index (χ0n) is 11.1. The molecule has 2 aromatic rings. The van der Waals surface area contributed by atoms with Gasteiger partial charge in [-0.3, -0.25) is 0 Å². The Morgan fingerprint density at radius 3 is 2.79 bits per heavy atom. The standard InChI is InChI=1S/C15H20ClN3/c16-15-12-5-1-2-6-13(12)18-14(15)11-17-7-10-19-8-3-4-9-19/h1-2,5-6,17-18H,3-4,7-11H2. The highest BCUT2D eigenvalue weighted by atomic mass is 35.5. The third-order valence-electron chi connectivity index (χ3n) is 3.82. The second kappa shape index (κ2) is 5.95. The van der Waals surface area contributed by atoms with Crippen molar-refractivity contribution in [2.45, 2.75) is 19.4 Å². The molecule has 0 aliphatic carbocycles. The third-order valence-corrected chi connectivity index (χ3v) is 4.25. The number of benzene rings is 1. The zero-order valence-corrected chi connectivity index (χ0v) is 11.8. The molecular formula is C15H20ClN3. The van der Waals surface area contributed by atoms with Crippen LogP contribution < -0.4 is 5.32 Å². The lowest BCUT2D eigenvalue weighted by molar-refractivity contribution is 0.335. The summed E-state index contributed by atoms with van der Waals surface area (Å²) >= 11 is 6.38. The molecule has 1 aliphatic rings. The molecule has 1 aromatic heterocycles. The molecule has 0 saturated carbocycles. The van der Waals surface area contributed by atoms with Gasteiger partial charge in [0.1, 0.15) is 0 Å². The smallest absolute Gasteiger partial charge is 0.0705 e. The molecule has 102 valence electrons. The van der Waals surface area contributed by atoms with Crippen LogP contribution in [0, 0.1) is 0 Å². The Kier molecular flexibility index (Phi) is 4.06. The first-order chi connectivity index (χ1) is 9.34. The molecule has 2 heterocycles. The van der Waals surface area contributed by atoms with Crippen LogP contribution in [0.4, 0.5) is 0 Å². The van der Waals surface area contributed by atoms with Crippen molar-refractivity contribution in [1.82, 2.24) is 15.2 Å². The van der Waals surface area contributed by atoms with Crippen molar-refractivity contribution < 1.29 is 0 Å². The van der Waals surface area contributed by atoms with Crippen LogP contribution in [0.5, 0.6) is 0 Å². The molecule has 1 aliphatic heterocycles. The summed E-state index contributed by atoms with van der Waals surface area (Å²) in [4.78, 5) is 5.90. The van der Waals surface area contributed by atoms with Gasteiger partial charge in [-0.05, 0) is 32.0 Å². The average Bonchev–Trinajstić information content (AvgIpc) is 3.04. The van der Waals surface area contributed by atoms with E-state index in [0.717, 1.165) is 41.3 Å². The van der Waals surface area contributed by atoms with E-state index in [9.17, 15) is 0 Å². The minimum atomic E-state index is 0.807. The van der Waals surface area contributed by atoms with Crippen LogP contribution in [0.2, 0.25) is 5.02 Å². The first-order valence-corrected chi connectivity index (χ1v) is 7.40. The molecule has 0 spiro atoms. The highest BCUT2D eigenvalue weighted by Crippen LogP contribution is 2.26. The van der Waals surface area contributed by atoms with Crippen molar-refractivity contribution in [2.75, 3.05) is 26.2 Å². The Morgan fingerprint density at radius 2 is 2.00 bits per heavy atom. The van der Waals surface area contributed by atoms with Crippen LogP contribution in [0.25, 0.3) is 10.9 Å². The number of rotatable bonds is 5. The number of hydrogen-bond donors (Lipinski definition) is 2. The highest BCUT2D eigenvalue weighted by Gasteiger charge is 2.11. The normalized spacial score (nSPS) is 16.5. The summed E-state index contributed by atoms with van der Waals surface area (Å²) in [5.74, 6) is 0. The van der Waals surface area contributed by atoms with Gasteiger partial charge in [0.2, 0.25) is 0 Å². The van der Waals surface area contributed by atoms with Gasteiger partial charge < -0.3 is 15.2 Å². The summed E-state index contributed by atoms with van der Waals surface area (Å²) in [6, 6.07) is 8.17. The van der Waals surface area contributed by atoms with E-state index in [1.807, 2.05) is 12.1 Å². The lowest BCUT2D eigenvalue weighted by atomic mass is 10.2. The van der Waals surface area contributed by atoms with Gasteiger partial charge in [-0.15, -0.1) is 0 Å². The minimum Gasteiger partial charge on any atom is -0.356 e. The number of para-hydroxylation sites is 1. The fourth-order valence-electron chi connectivity index (χ4n) is 2.74. The highest BCUT2D eigenvalue weighted by molar-refractivity contribution is 6.36. The summed E-state index contributed by atoms with van der Waals surface area (Å²) in [5.41, 5.74) is 2.20. The first-order valence-electron chi connectivity index (χ1n) is 7.03. The predicted molar refractivity (Wildman–Crippen MR) is 80.7 cm³/mol. The molecule has 3 rings (SSSR count). The predicted octanol–water partition coefficient (Wildman–Crippen LogP) is 3.01. The number of likely N-dealkylation sites (tertiary alicyclic amines) is 1. The van der Waals surface area contributed by atoms with Crippen molar-refractivity contribution in [3.8, 4) is 0 Å². The van der Waals surface area contributed by atoms with Gasteiger partial charge in [0.05, 0.1) is 5.02 Å². The number of nitrogens with one attached hydrogen (secondary N) is 2. The van der Waals surface area contributed by atoms with E-state index < -0.39 is 0 Å². The number of halogens is 1. The first kappa shape index (κ1) is 13.0. The Bertz CT molecular complexity index is 543. The van der Waals surface area contributed by atoms with E-state index >= 15 is 0 Å². The summed E-state index contributed by atoms with van der Waals surface area (Å²) in [6.07, 6.45) is 2.71. The van der Waals surface area contributed by atoms with Gasteiger partial charge in [-0.25, -0.2) is 0 Å². The van der Waals surface area contributed by atoms with E-state index in [4.69, 9.17) is 11.6 Å². The number of fused-ring (bicyclic) bond motifs is 1. The average molecular weight is 278 g/mol. The van der Waals surface area contributed by atoms with E-state index in [1.54, 1.807) is 0 Å². The Hall–Kier alpha value is -1.03. The molecular weight excluding hydrogens is 258 g/mol. The fraction of sp³-hybridized carbons (Fsp3) is 0.467. The molecule has 1 fully saturated rings. The number of hydrogen-bond acceptors (Lipinski definition) is 2. The minimum absolute atomic E-state index is 0.807. The summed E-state index contributed by atoms with van der Waals surface area (Å²) < 4.78 is 0. The molecule has 19 heavy (non-hydrogen) atoms. The van der Waals surface area contributed by atoms with Crippen LogP contribution in [0.1, 0.15) is 18.5 Å². The molecule has 3 nitrogen and oxygen atoms in total. The molecule has 1 aromatic carbocycles. The Morgan fingerprint density at radius 1 is 1.21 bits per heavy atom. The lowest BCUT2D eigenvalue weighted by Gasteiger charge is -2.14. The SMILES string of the molecule is Clc1c(CNCCN2CCCC2)[nH]c2ccccc12. The molecule has 2 N–H and O–H groups in total. The number of aromatic amines is 1. The Balaban J connectivity index is 1.54. The number of nitrogens with zero attached hydrogens (tertiary/aromatic N) is 1. The van der Waals surface area contributed by atoms with Gasteiger partial charge in [0.25, 0.3) is 0 Å². The quantitative estimate of drug-likeness (QED) is 0.823. The van der Waals surface area contributed by atoms with E-state index in [-0.39, 0.29) is 0 Å². The van der Waals surface area contributed by atoms with Gasteiger partial charge in [-0.1, -0.05) is 29.8 Å². The maximum atomic E-state index is 6.38. The van der Waals surface area contributed by atoms with Crippen molar-refractivity contribution in [3.63, 3.8) is 0 Å². The van der Waals surface area contributed by atoms with Gasteiger partial charge in [0, 0.05) is 36.2 Å². The van der Waals surface area contributed by atoms with Gasteiger partial charge >= 0.3 is 0 Å². The Labute approximate surface area is 118 Å². The second-order valence-corrected chi connectivity index (χ2v) is 5.57. The third kappa shape index (κ3) is 2.94. The van der Waals surface area contributed by atoms with Crippen molar-refractivity contribution in [1.29, 1.82) is 0 Å². The molecule has 0 radical (unpaired) electrons. The molecule has 0 unspecified atom stereocenters. The van der Waals surface area contributed by atoms with Crippen LogP contribution in [0.3, 0.4) is 0 Å². The van der Waals surface area contributed by atoms with Crippen molar-refractivity contribution >= 4 is 22.5 Å². The van der Waals surface area contributed by atoms with Crippen LogP contribution in [-0.2, 0) is 6.54 Å². The maximum Gasteiger partial charge on any atom is 0.0705 e. The molecule has 0 amide bonds. The van der Waals surface area contributed by atoms with E-state index in [0.29, 0.717) is 0 Å². The number of aromatic nitrogens is 1. The van der Waals surface area contributed by atoms with Crippen LogP contribution >= 0.6 is 11.6 Å². The monoisotopic (exact) mass is 277 g/mol. The molecule has 0 bridgehead atoms. The van der Waals surface area contributed by atoms with Crippen molar-refractivity contribution in [2.24, 2.45) is 0 Å². The van der Waals surface area contributed by atoms with Crippen molar-refractivity contribution in [3.05, 3.63) is 35.0 Å². The summed E-state index contributed by atoms with van der Waals surface area (Å²) in [7, 11) is 0. The lowest BCUT2D eigenvalue weighted by Crippen LogP contribution is -2.29.